The van der Waals surface area contributed by atoms with Crippen molar-refractivity contribution in [3.8, 4) is 0 Å². The number of fused-ring (bicyclic) bond motifs is 1. The molecule has 2 rings (SSSR count). The maximum atomic E-state index is 11.6. The summed E-state index contributed by atoms with van der Waals surface area (Å²) in [5.41, 5.74) is 0.589. The first-order valence-electron chi connectivity index (χ1n) is 5.38. The molecule has 1 unspecified atom stereocenters. The van der Waals surface area contributed by atoms with E-state index in [2.05, 4.69) is 4.74 Å². The number of carbonyl (C=O) groups excluding carboxylic acids is 2. The maximum absolute atomic E-state index is 11.6. The van der Waals surface area contributed by atoms with E-state index in [0.717, 1.165) is 17.9 Å². The first kappa shape index (κ1) is 12.6. The lowest BCUT2D eigenvalue weighted by Crippen LogP contribution is -2.20. The largest absolute Gasteiger partial charge is 0.463 e. The second-order valence-corrected chi connectivity index (χ2v) is 4.26. The summed E-state index contributed by atoms with van der Waals surface area (Å²) in [6.07, 6.45) is 0. The topological polar surface area (TPSA) is 43.4 Å². The summed E-state index contributed by atoms with van der Waals surface area (Å²) in [6, 6.07) is 13.1. The van der Waals surface area contributed by atoms with Gasteiger partial charge in [-0.05, 0) is 22.4 Å². The first-order valence-corrected chi connectivity index (χ1v) is 5.82. The Balaban J connectivity index is 2.36. The minimum atomic E-state index is -1.01. The molecule has 0 radical (unpaired) electrons. The van der Waals surface area contributed by atoms with Crippen molar-refractivity contribution in [1.82, 2.24) is 0 Å². The molecule has 3 nitrogen and oxygen atoms in total. The van der Waals surface area contributed by atoms with Gasteiger partial charge in [-0.15, -0.1) is 11.6 Å². The normalized spacial score (nSPS) is 12.1. The Morgan fingerprint density at radius 2 is 1.78 bits per heavy atom. The molecule has 92 valence electrons. The van der Waals surface area contributed by atoms with Crippen LogP contribution in [0.1, 0.15) is 10.9 Å². The van der Waals surface area contributed by atoms with Gasteiger partial charge in [0.1, 0.15) is 5.38 Å². The smallest absolute Gasteiger partial charge is 0.376 e. The summed E-state index contributed by atoms with van der Waals surface area (Å²) in [5.74, 6) is -1.68. The summed E-state index contributed by atoms with van der Waals surface area (Å²) in [6.45, 7) is 0. The number of hydrogen-bond acceptors (Lipinski definition) is 3. The molecular formula is C14H11ClO3. The van der Waals surface area contributed by atoms with Gasteiger partial charge in [-0.3, -0.25) is 4.79 Å². The zero-order valence-corrected chi connectivity index (χ0v) is 10.5. The molecule has 0 aliphatic heterocycles. The van der Waals surface area contributed by atoms with Crippen molar-refractivity contribution in [3.63, 3.8) is 0 Å². The molecule has 0 heterocycles. The summed E-state index contributed by atoms with van der Waals surface area (Å²) < 4.78 is 4.37. The Kier molecular flexibility index (Phi) is 3.63. The van der Waals surface area contributed by atoms with Crippen molar-refractivity contribution in [1.29, 1.82) is 0 Å². The van der Waals surface area contributed by atoms with Crippen molar-refractivity contribution < 1.29 is 14.3 Å². The van der Waals surface area contributed by atoms with Crippen LogP contribution in [0.4, 0.5) is 0 Å². The number of methoxy groups -OCH3 is 1. The molecule has 18 heavy (non-hydrogen) atoms. The van der Waals surface area contributed by atoms with E-state index >= 15 is 0 Å². The van der Waals surface area contributed by atoms with Crippen molar-refractivity contribution in [3.05, 3.63) is 48.0 Å². The van der Waals surface area contributed by atoms with Crippen LogP contribution < -0.4 is 0 Å². The minimum Gasteiger partial charge on any atom is -0.463 e. The van der Waals surface area contributed by atoms with Crippen LogP contribution in [0.25, 0.3) is 10.8 Å². The van der Waals surface area contributed by atoms with Gasteiger partial charge in [0.25, 0.3) is 5.78 Å². The highest BCUT2D eigenvalue weighted by atomic mass is 35.5. The lowest BCUT2D eigenvalue weighted by molar-refractivity contribution is -0.151. The molecule has 0 N–H and O–H groups in total. The molecule has 0 bridgehead atoms. The highest BCUT2D eigenvalue weighted by Crippen LogP contribution is 2.25. The van der Waals surface area contributed by atoms with Gasteiger partial charge in [-0.25, -0.2) is 4.79 Å². The Hall–Kier alpha value is -1.87. The first-order chi connectivity index (χ1) is 8.63. The SMILES string of the molecule is COC(=O)C(=O)C(Cl)c1ccc2ccccc2c1. The van der Waals surface area contributed by atoms with Crippen molar-refractivity contribution >= 4 is 34.1 Å². The van der Waals surface area contributed by atoms with Crippen LogP contribution in [-0.2, 0) is 14.3 Å². The van der Waals surface area contributed by atoms with Gasteiger partial charge in [-0.2, -0.15) is 0 Å². The molecule has 4 heteroatoms. The van der Waals surface area contributed by atoms with Gasteiger partial charge in [0.05, 0.1) is 7.11 Å². The van der Waals surface area contributed by atoms with Crippen molar-refractivity contribution in [2.45, 2.75) is 5.38 Å². The Morgan fingerprint density at radius 3 is 2.44 bits per heavy atom. The zero-order chi connectivity index (χ0) is 13.1. The third-order valence-electron chi connectivity index (χ3n) is 2.68. The molecule has 0 aliphatic rings. The monoisotopic (exact) mass is 262 g/mol. The molecule has 0 saturated carbocycles. The molecule has 2 aromatic carbocycles. The number of esters is 1. The third-order valence-corrected chi connectivity index (χ3v) is 3.13. The average Bonchev–Trinajstić information content (AvgIpc) is 2.44. The van der Waals surface area contributed by atoms with E-state index in [4.69, 9.17) is 11.6 Å². The van der Waals surface area contributed by atoms with E-state index in [1.54, 1.807) is 12.1 Å². The second-order valence-electron chi connectivity index (χ2n) is 3.82. The quantitative estimate of drug-likeness (QED) is 0.485. The lowest BCUT2D eigenvalue weighted by atomic mass is 10.0. The van der Waals surface area contributed by atoms with Gasteiger partial charge < -0.3 is 4.74 Å². The molecule has 1 atom stereocenters. The van der Waals surface area contributed by atoms with E-state index in [-0.39, 0.29) is 0 Å². The van der Waals surface area contributed by atoms with E-state index in [1.807, 2.05) is 30.3 Å². The number of alkyl halides is 1. The highest BCUT2D eigenvalue weighted by molar-refractivity contribution is 6.47. The molecule has 0 amide bonds. The summed E-state index contributed by atoms with van der Waals surface area (Å²) in [5, 5.41) is 1.01. The summed E-state index contributed by atoms with van der Waals surface area (Å²) >= 11 is 5.98. The predicted octanol–water partition coefficient (Wildman–Crippen LogP) is 2.86. The van der Waals surface area contributed by atoms with Crippen LogP contribution in [0.2, 0.25) is 0 Å². The number of ketones is 1. The fourth-order valence-electron chi connectivity index (χ4n) is 1.72. The number of benzene rings is 2. The maximum Gasteiger partial charge on any atom is 0.376 e. The van der Waals surface area contributed by atoms with Crippen LogP contribution in [0.15, 0.2) is 42.5 Å². The molecular weight excluding hydrogens is 252 g/mol. The van der Waals surface area contributed by atoms with Crippen molar-refractivity contribution in [2.75, 3.05) is 7.11 Å². The average molecular weight is 263 g/mol. The lowest BCUT2D eigenvalue weighted by Gasteiger charge is -2.08. The predicted molar refractivity (Wildman–Crippen MR) is 69.6 cm³/mol. The summed E-state index contributed by atoms with van der Waals surface area (Å²) in [4.78, 5) is 22.7. The van der Waals surface area contributed by atoms with E-state index in [1.165, 1.54) is 0 Å². The van der Waals surface area contributed by atoms with Gasteiger partial charge >= 0.3 is 5.97 Å². The fourth-order valence-corrected chi connectivity index (χ4v) is 1.95. The van der Waals surface area contributed by atoms with E-state index < -0.39 is 17.1 Å². The molecule has 0 aromatic heterocycles. The second kappa shape index (κ2) is 5.19. The van der Waals surface area contributed by atoms with Crippen LogP contribution in [-0.4, -0.2) is 18.9 Å². The van der Waals surface area contributed by atoms with Crippen molar-refractivity contribution in [2.24, 2.45) is 0 Å². The number of halogens is 1. The van der Waals surface area contributed by atoms with Gasteiger partial charge in [0, 0.05) is 0 Å². The molecule has 2 aromatic rings. The minimum absolute atomic E-state index is 0.589. The standard InChI is InChI=1S/C14H11ClO3/c1-18-14(17)13(16)12(15)11-7-6-9-4-2-3-5-10(9)8-11/h2-8,12H,1H3. The van der Waals surface area contributed by atoms with Crippen LogP contribution in [0.3, 0.4) is 0 Å². The Labute approximate surface area is 109 Å². The van der Waals surface area contributed by atoms with Gasteiger partial charge in [0.15, 0.2) is 0 Å². The van der Waals surface area contributed by atoms with Crippen LogP contribution in [0.5, 0.6) is 0 Å². The van der Waals surface area contributed by atoms with E-state index in [0.29, 0.717) is 5.56 Å². The Morgan fingerprint density at radius 1 is 1.11 bits per heavy atom. The number of Topliss-reactive ketones (excluding diaryl/α,β-unsaturated/α-hetero) is 1. The van der Waals surface area contributed by atoms with E-state index in [9.17, 15) is 9.59 Å². The number of ether oxygens (including phenoxy) is 1. The van der Waals surface area contributed by atoms with Crippen LogP contribution in [0, 0.1) is 0 Å². The number of carbonyl (C=O) groups is 2. The Bertz CT molecular complexity index is 607. The molecule has 0 saturated heterocycles. The zero-order valence-electron chi connectivity index (χ0n) is 9.72. The van der Waals surface area contributed by atoms with Gasteiger partial charge in [-0.1, -0.05) is 36.4 Å². The van der Waals surface area contributed by atoms with Crippen LogP contribution >= 0.6 is 11.6 Å². The molecule has 0 aliphatic carbocycles. The highest BCUT2D eigenvalue weighted by Gasteiger charge is 2.25. The molecule has 0 fully saturated rings. The number of rotatable bonds is 3. The molecule has 0 spiro atoms. The fraction of sp³-hybridized carbons (Fsp3) is 0.143. The summed E-state index contributed by atoms with van der Waals surface area (Å²) in [7, 11) is 1.16. The van der Waals surface area contributed by atoms with Gasteiger partial charge in [0.2, 0.25) is 0 Å². The third kappa shape index (κ3) is 2.36. The number of hydrogen-bond donors (Lipinski definition) is 0.